The lowest BCUT2D eigenvalue weighted by molar-refractivity contribution is 0.953. The minimum Gasteiger partial charge on any atom is -0.309 e. The summed E-state index contributed by atoms with van der Waals surface area (Å²) in [6.45, 7) is 0. The predicted molar refractivity (Wildman–Crippen MR) is 189 cm³/mol. The number of nitrogens with zero attached hydrogens (tertiary/aromatic N) is 5. The van der Waals surface area contributed by atoms with Crippen molar-refractivity contribution in [3.63, 3.8) is 0 Å². The number of fused-ring (bicyclic) bond motifs is 5. The van der Waals surface area contributed by atoms with E-state index in [0.717, 1.165) is 61.1 Å². The molecule has 2 aromatic heterocycles. The molecule has 0 radical (unpaired) electrons. The fourth-order valence-corrected chi connectivity index (χ4v) is 6.46. The topological polar surface area (TPSA) is 46.8 Å². The lowest BCUT2D eigenvalue weighted by Gasteiger charge is -2.27. The number of benzene rings is 6. The molecular weight excluding hydrogens is 562 g/mol. The van der Waals surface area contributed by atoms with Crippen LogP contribution in [-0.2, 0) is 0 Å². The molecule has 0 aliphatic carbocycles. The molecule has 216 valence electrons. The SMILES string of the molecule is C1=Cc2cc3c(cc2N(c2ccccc2)c2ccccc21)c1ccccc1n3-c1nc(-c2ccccc2)nc(-c2ccccc2)n1. The molecule has 0 saturated carbocycles. The van der Waals surface area contributed by atoms with Crippen LogP contribution in [0.1, 0.15) is 11.1 Å². The lowest BCUT2D eigenvalue weighted by atomic mass is 10.1. The Hall–Kier alpha value is -6.33. The zero-order valence-electron chi connectivity index (χ0n) is 24.8. The van der Waals surface area contributed by atoms with E-state index in [2.05, 4.69) is 113 Å². The first-order valence-corrected chi connectivity index (χ1v) is 15.4. The number of rotatable bonds is 4. The van der Waals surface area contributed by atoms with E-state index in [0.29, 0.717) is 17.6 Å². The van der Waals surface area contributed by atoms with Gasteiger partial charge in [-0.1, -0.05) is 127 Å². The Kier molecular flexibility index (Phi) is 6.06. The first-order valence-electron chi connectivity index (χ1n) is 15.4. The van der Waals surface area contributed by atoms with E-state index in [1.54, 1.807) is 0 Å². The largest absolute Gasteiger partial charge is 0.309 e. The molecule has 0 N–H and O–H groups in total. The Morgan fingerprint density at radius 3 is 1.72 bits per heavy atom. The zero-order valence-corrected chi connectivity index (χ0v) is 24.8. The van der Waals surface area contributed by atoms with Crippen LogP contribution < -0.4 is 4.90 Å². The number of anilines is 3. The van der Waals surface area contributed by atoms with E-state index in [9.17, 15) is 0 Å². The van der Waals surface area contributed by atoms with Gasteiger partial charge in [0.2, 0.25) is 5.95 Å². The average molecular weight is 590 g/mol. The van der Waals surface area contributed by atoms with Gasteiger partial charge in [0.05, 0.1) is 22.4 Å². The van der Waals surface area contributed by atoms with Crippen molar-refractivity contribution in [1.82, 2.24) is 19.5 Å². The summed E-state index contributed by atoms with van der Waals surface area (Å²) in [5, 5.41) is 2.27. The molecule has 5 nitrogen and oxygen atoms in total. The third-order valence-electron chi connectivity index (χ3n) is 8.58. The molecular formula is C41H27N5. The maximum absolute atomic E-state index is 5.11. The number of para-hydroxylation sites is 3. The monoisotopic (exact) mass is 589 g/mol. The smallest absolute Gasteiger partial charge is 0.238 e. The Morgan fingerprint density at radius 1 is 0.413 bits per heavy atom. The maximum Gasteiger partial charge on any atom is 0.238 e. The van der Waals surface area contributed by atoms with Gasteiger partial charge in [0.15, 0.2) is 11.6 Å². The van der Waals surface area contributed by atoms with E-state index < -0.39 is 0 Å². The minimum absolute atomic E-state index is 0.583. The van der Waals surface area contributed by atoms with Gasteiger partial charge < -0.3 is 4.90 Å². The highest BCUT2D eigenvalue weighted by Crippen LogP contribution is 2.45. The van der Waals surface area contributed by atoms with Gasteiger partial charge in [-0.05, 0) is 42.0 Å². The van der Waals surface area contributed by atoms with Crippen molar-refractivity contribution in [2.24, 2.45) is 0 Å². The molecule has 0 atom stereocenters. The Labute approximate surface area is 266 Å². The molecule has 0 amide bonds. The van der Waals surface area contributed by atoms with Crippen molar-refractivity contribution in [3.05, 3.63) is 163 Å². The Balaban J connectivity index is 1.34. The van der Waals surface area contributed by atoms with Gasteiger partial charge in [0, 0.05) is 33.2 Å². The summed E-state index contributed by atoms with van der Waals surface area (Å²) in [6, 6.07) is 52.5. The quantitative estimate of drug-likeness (QED) is 0.205. The third-order valence-corrected chi connectivity index (χ3v) is 8.58. The van der Waals surface area contributed by atoms with Crippen LogP contribution in [0.3, 0.4) is 0 Å². The average Bonchev–Trinajstić information content (AvgIpc) is 3.35. The van der Waals surface area contributed by atoms with Crippen LogP contribution in [0.25, 0.3) is 62.7 Å². The summed E-state index contributed by atoms with van der Waals surface area (Å²) in [5.41, 5.74) is 9.60. The highest BCUT2D eigenvalue weighted by atomic mass is 15.2. The van der Waals surface area contributed by atoms with Crippen molar-refractivity contribution < 1.29 is 0 Å². The van der Waals surface area contributed by atoms with Gasteiger partial charge in [-0.25, -0.2) is 4.98 Å². The van der Waals surface area contributed by atoms with Crippen molar-refractivity contribution in [3.8, 4) is 28.7 Å². The van der Waals surface area contributed by atoms with E-state index >= 15 is 0 Å². The highest BCUT2D eigenvalue weighted by molar-refractivity contribution is 6.12. The molecule has 0 saturated heterocycles. The molecule has 9 rings (SSSR count). The van der Waals surface area contributed by atoms with Gasteiger partial charge in [-0.3, -0.25) is 4.57 Å². The summed E-state index contributed by atoms with van der Waals surface area (Å²) in [5.74, 6) is 1.85. The lowest BCUT2D eigenvalue weighted by Crippen LogP contribution is -2.11. The van der Waals surface area contributed by atoms with E-state index in [1.165, 1.54) is 0 Å². The van der Waals surface area contributed by atoms with Crippen LogP contribution in [0.15, 0.2) is 152 Å². The number of hydrogen-bond acceptors (Lipinski definition) is 4. The summed E-state index contributed by atoms with van der Waals surface area (Å²) in [4.78, 5) is 17.5. The summed E-state index contributed by atoms with van der Waals surface area (Å²) < 4.78 is 2.18. The molecule has 0 unspecified atom stereocenters. The van der Waals surface area contributed by atoms with Crippen LogP contribution in [0.5, 0.6) is 0 Å². The normalized spacial score (nSPS) is 12.2. The van der Waals surface area contributed by atoms with Crippen LogP contribution in [0.2, 0.25) is 0 Å². The van der Waals surface area contributed by atoms with Crippen LogP contribution >= 0.6 is 0 Å². The highest BCUT2D eigenvalue weighted by Gasteiger charge is 2.24. The fourth-order valence-electron chi connectivity index (χ4n) is 6.46. The van der Waals surface area contributed by atoms with Gasteiger partial charge in [0.25, 0.3) is 0 Å². The molecule has 0 bridgehead atoms. The maximum atomic E-state index is 5.11. The minimum atomic E-state index is 0.583. The Morgan fingerprint density at radius 2 is 1.00 bits per heavy atom. The van der Waals surface area contributed by atoms with E-state index in [4.69, 9.17) is 15.0 Å². The summed E-state index contributed by atoms with van der Waals surface area (Å²) >= 11 is 0. The van der Waals surface area contributed by atoms with Crippen molar-refractivity contribution in [2.45, 2.75) is 0 Å². The first kappa shape index (κ1) is 26.1. The van der Waals surface area contributed by atoms with Crippen LogP contribution in [0, 0.1) is 0 Å². The van der Waals surface area contributed by atoms with Gasteiger partial charge >= 0.3 is 0 Å². The molecule has 0 spiro atoms. The van der Waals surface area contributed by atoms with Gasteiger partial charge in [-0.2, -0.15) is 9.97 Å². The second kappa shape index (κ2) is 10.7. The zero-order chi connectivity index (χ0) is 30.5. The molecule has 1 aliphatic heterocycles. The van der Waals surface area contributed by atoms with Crippen molar-refractivity contribution in [2.75, 3.05) is 4.90 Å². The fraction of sp³-hybridized carbons (Fsp3) is 0. The van der Waals surface area contributed by atoms with Gasteiger partial charge in [0.1, 0.15) is 0 Å². The van der Waals surface area contributed by atoms with Crippen molar-refractivity contribution in [1.29, 1.82) is 0 Å². The van der Waals surface area contributed by atoms with E-state index in [-0.39, 0.29) is 0 Å². The standard InChI is InChI=1S/C41H27N5/c1-4-15-29(16-5-1)39-42-40(30-17-6-2-7-18-30)44-41(43-39)46-36-23-13-11-21-33(36)34-27-37-31(26-38(34)46)25-24-28-14-10-12-22-35(28)45(37)32-19-8-3-9-20-32/h1-27H. The second-order valence-corrected chi connectivity index (χ2v) is 11.4. The Bertz CT molecular complexity index is 2350. The molecule has 1 aliphatic rings. The third kappa shape index (κ3) is 4.29. The summed E-state index contributed by atoms with van der Waals surface area (Å²) in [6.07, 6.45) is 4.43. The van der Waals surface area contributed by atoms with Gasteiger partial charge in [-0.15, -0.1) is 0 Å². The van der Waals surface area contributed by atoms with Crippen molar-refractivity contribution >= 4 is 51.0 Å². The predicted octanol–water partition coefficient (Wildman–Crippen LogP) is 10.3. The molecule has 0 fully saturated rings. The second-order valence-electron chi connectivity index (χ2n) is 11.4. The van der Waals surface area contributed by atoms with Crippen LogP contribution in [-0.4, -0.2) is 19.5 Å². The number of hydrogen-bond donors (Lipinski definition) is 0. The number of aromatic nitrogens is 4. The first-order chi connectivity index (χ1) is 22.8. The van der Waals surface area contributed by atoms with Crippen LogP contribution in [0.4, 0.5) is 17.1 Å². The molecule has 8 aromatic rings. The molecule has 46 heavy (non-hydrogen) atoms. The molecule has 6 aromatic carbocycles. The molecule has 5 heteroatoms. The van der Waals surface area contributed by atoms with E-state index in [1.807, 2.05) is 60.7 Å². The summed E-state index contributed by atoms with van der Waals surface area (Å²) in [7, 11) is 0. The molecule has 3 heterocycles.